The lowest BCUT2D eigenvalue weighted by atomic mass is 10.0. The molecule has 0 aliphatic heterocycles. The van der Waals surface area contributed by atoms with Crippen LogP contribution in [0, 0.1) is 0 Å². The third kappa shape index (κ3) is 67.1. The van der Waals surface area contributed by atoms with Gasteiger partial charge in [0.2, 0.25) is 0 Å². The van der Waals surface area contributed by atoms with Gasteiger partial charge in [-0.3, -0.25) is 14.4 Å². The highest BCUT2D eigenvalue weighted by Crippen LogP contribution is 2.18. The standard InChI is InChI=1S/C76H132O6/c1-4-7-10-13-16-19-22-25-28-31-34-36-38-40-42-45-48-51-54-57-60-63-66-69-75(78)81-72-73(71-80-74(77)68-65-62-59-56-53-50-47-44-33-30-27-24-21-18-15-12-9-6-3)82-76(79)70-67-64-61-58-55-52-49-46-43-41-39-37-35-32-29-26-23-20-17-14-11-8-5-2/h7,10,16,19,25,28,30,33-34,36,40,42,48,51,57,60,73H,4-6,8-9,11-15,17-18,20-24,26-27,29,31-32,35,37-39,41,43-47,49-50,52-56,58-59,61-72H2,1-3H3/b10-7-,19-16-,28-25-,33-30-,36-34-,42-40-,51-48-,60-57-. The molecule has 1 atom stereocenters. The second kappa shape index (κ2) is 69.8. The third-order valence-electron chi connectivity index (χ3n) is 15.3. The lowest BCUT2D eigenvalue weighted by molar-refractivity contribution is -0.167. The average molecular weight is 1140 g/mol. The first kappa shape index (κ1) is 78.3. The van der Waals surface area contributed by atoms with Crippen LogP contribution < -0.4 is 0 Å². The maximum atomic E-state index is 13.0. The van der Waals surface area contributed by atoms with Crippen LogP contribution in [-0.4, -0.2) is 37.2 Å². The van der Waals surface area contributed by atoms with Crippen LogP contribution in [0.25, 0.3) is 0 Å². The number of hydrogen-bond acceptors (Lipinski definition) is 6. The maximum absolute atomic E-state index is 13.0. The minimum absolute atomic E-state index is 0.0952. The van der Waals surface area contributed by atoms with Crippen LogP contribution in [0.5, 0.6) is 0 Å². The lowest BCUT2D eigenvalue weighted by Gasteiger charge is -2.18. The molecular weight excluding hydrogens is 1010 g/mol. The van der Waals surface area contributed by atoms with Gasteiger partial charge in [-0.2, -0.15) is 0 Å². The van der Waals surface area contributed by atoms with Crippen LogP contribution >= 0.6 is 0 Å². The highest BCUT2D eigenvalue weighted by Gasteiger charge is 2.19. The van der Waals surface area contributed by atoms with Gasteiger partial charge >= 0.3 is 17.9 Å². The van der Waals surface area contributed by atoms with E-state index in [0.717, 1.165) is 89.9 Å². The molecule has 0 amide bonds. The maximum Gasteiger partial charge on any atom is 0.306 e. The highest BCUT2D eigenvalue weighted by molar-refractivity contribution is 5.71. The summed E-state index contributed by atoms with van der Waals surface area (Å²) in [7, 11) is 0. The number of carbonyl (C=O) groups excluding carboxylic acids is 3. The quantitative estimate of drug-likeness (QED) is 0.0261. The van der Waals surface area contributed by atoms with Gasteiger partial charge in [0.05, 0.1) is 0 Å². The molecule has 0 radical (unpaired) electrons. The van der Waals surface area contributed by atoms with Crippen molar-refractivity contribution in [3.8, 4) is 0 Å². The van der Waals surface area contributed by atoms with E-state index < -0.39 is 6.10 Å². The zero-order valence-corrected chi connectivity index (χ0v) is 54.2. The van der Waals surface area contributed by atoms with Crippen LogP contribution in [0.2, 0.25) is 0 Å². The van der Waals surface area contributed by atoms with Crippen LogP contribution in [-0.2, 0) is 28.6 Å². The van der Waals surface area contributed by atoms with Gasteiger partial charge in [-0.15, -0.1) is 0 Å². The third-order valence-corrected chi connectivity index (χ3v) is 15.3. The molecule has 0 heterocycles. The van der Waals surface area contributed by atoms with Gasteiger partial charge in [-0.05, 0) is 96.3 Å². The van der Waals surface area contributed by atoms with E-state index in [9.17, 15) is 14.4 Å². The van der Waals surface area contributed by atoms with Gasteiger partial charge in [-0.25, -0.2) is 0 Å². The predicted octanol–water partition coefficient (Wildman–Crippen LogP) is 24.4. The zero-order chi connectivity index (χ0) is 59.2. The molecule has 82 heavy (non-hydrogen) atoms. The van der Waals surface area contributed by atoms with E-state index in [1.807, 2.05) is 0 Å². The summed E-state index contributed by atoms with van der Waals surface area (Å²) in [6.07, 6.45) is 94.3. The molecule has 0 aromatic carbocycles. The van der Waals surface area contributed by atoms with Gasteiger partial charge in [-0.1, -0.05) is 330 Å². The molecule has 0 aromatic heterocycles. The van der Waals surface area contributed by atoms with E-state index >= 15 is 0 Å². The highest BCUT2D eigenvalue weighted by atomic mass is 16.6. The number of esters is 3. The molecule has 0 saturated heterocycles. The number of hydrogen-bond donors (Lipinski definition) is 0. The van der Waals surface area contributed by atoms with Crippen LogP contribution in [0.15, 0.2) is 97.2 Å². The largest absolute Gasteiger partial charge is 0.462 e. The summed E-state index contributed by atoms with van der Waals surface area (Å²) in [6, 6.07) is 0. The van der Waals surface area contributed by atoms with Crippen molar-refractivity contribution < 1.29 is 28.6 Å². The van der Waals surface area contributed by atoms with E-state index in [-0.39, 0.29) is 37.5 Å². The SMILES string of the molecule is CC/C=C\C/C=C\C/C=C\C/C=C\C/C=C\C/C=C\C/C=C\CCCC(=O)OCC(COC(=O)CCCCCCCCC/C=C\CCCCCCCCC)OC(=O)CCCCCCCCCCCCCCCCCCCCCCCCC. The Kier molecular flexibility index (Phi) is 66.7. The van der Waals surface area contributed by atoms with E-state index in [4.69, 9.17) is 14.2 Å². The number of unbranched alkanes of at least 4 members (excludes halogenated alkanes) is 37. The second-order valence-corrected chi connectivity index (χ2v) is 23.4. The van der Waals surface area contributed by atoms with Crippen LogP contribution in [0.1, 0.15) is 348 Å². The molecule has 0 aliphatic carbocycles. The Morgan fingerprint density at radius 1 is 0.256 bits per heavy atom. The molecule has 0 aliphatic rings. The Morgan fingerprint density at radius 3 is 0.805 bits per heavy atom. The van der Waals surface area contributed by atoms with E-state index in [0.29, 0.717) is 19.3 Å². The van der Waals surface area contributed by atoms with Gasteiger partial charge in [0.25, 0.3) is 0 Å². The summed E-state index contributed by atoms with van der Waals surface area (Å²) in [6.45, 7) is 6.52. The van der Waals surface area contributed by atoms with Gasteiger partial charge in [0, 0.05) is 19.3 Å². The lowest BCUT2D eigenvalue weighted by Crippen LogP contribution is -2.30. The molecule has 0 spiro atoms. The first-order chi connectivity index (χ1) is 40.5. The Hall–Kier alpha value is -3.67. The van der Waals surface area contributed by atoms with E-state index in [2.05, 4.69) is 118 Å². The summed E-state index contributed by atoms with van der Waals surface area (Å²) in [5.74, 6) is -0.943. The molecule has 472 valence electrons. The van der Waals surface area contributed by atoms with Crippen molar-refractivity contribution in [2.45, 2.75) is 354 Å². The fraction of sp³-hybridized carbons (Fsp3) is 0.750. The predicted molar refractivity (Wildman–Crippen MR) is 357 cm³/mol. The molecule has 0 N–H and O–H groups in total. The summed E-state index contributed by atoms with van der Waals surface area (Å²) < 4.78 is 16.9. The van der Waals surface area contributed by atoms with Crippen molar-refractivity contribution in [1.29, 1.82) is 0 Å². The fourth-order valence-electron chi connectivity index (χ4n) is 10.1. The molecule has 6 heteroatoms. The van der Waals surface area contributed by atoms with Crippen molar-refractivity contribution in [1.82, 2.24) is 0 Å². The van der Waals surface area contributed by atoms with E-state index in [1.165, 1.54) is 212 Å². The summed E-state index contributed by atoms with van der Waals surface area (Å²) in [4.78, 5) is 38.5. The molecular formula is C76H132O6. The van der Waals surface area contributed by atoms with Crippen LogP contribution in [0.4, 0.5) is 0 Å². The summed E-state index contributed by atoms with van der Waals surface area (Å²) >= 11 is 0. The van der Waals surface area contributed by atoms with Crippen molar-refractivity contribution >= 4 is 17.9 Å². The molecule has 0 aromatic rings. The Bertz CT molecular complexity index is 1590. The second-order valence-electron chi connectivity index (χ2n) is 23.4. The van der Waals surface area contributed by atoms with E-state index in [1.54, 1.807) is 0 Å². The van der Waals surface area contributed by atoms with Crippen molar-refractivity contribution in [3.63, 3.8) is 0 Å². The monoisotopic (exact) mass is 1140 g/mol. The number of ether oxygens (including phenoxy) is 3. The molecule has 6 nitrogen and oxygen atoms in total. The topological polar surface area (TPSA) is 78.9 Å². The summed E-state index contributed by atoms with van der Waals surface area (Å²) in [5.41, 5.74) is 0. The van der Waals surface area contributed by atoms with Crippen LogP contribution in [0.3, 0.4) is 0 Å². The summed E-state index contributed by atoms with van der Waals surface area (Å²) in [5, 5.41) is 0. The normalized spacial score (nSPS) is 12.7. The fourth-order valence-corrected chi connectivity index (χ4v) is 10.1. The van der Waals surface area contributed by atoms with Crippen molar-refractivity contribution in [2.75, 3.05) is 13.2 Å². The van der Waals surface area contributed by atoms with Gasteiger partial charge in [0.1, 0.15) is 13.2 Å². The zero-order valence-electron chi connectivity index (χ0n) is 54.2. The number of rotatable bonds is 64. The number of allylic oxidation sites excluding steroid dienone is 16. The van der Waals surface area contributed by atoms with Gasteiger partial charge < -0.3 is 14.2 Å². The van der Waals surface area contributed by atoms with Gasteiger partial charge in [0.15, 0.2) is 6.10 Å². The molecule has 0 bridgehead atoms. The Balaban J connectivity index is 4.44. The first-order valence-electron chi connectivity index (χ1n) is 35.2. The molecule has 0 fully saturated rings. The first-order valence-corrected chi connectivity index (χ1v) is 35.2. The minimum atomic E-state index is -0.804. The smallest absolute Gasteiger partial charge is 0.306 e. The van der Waals surface area contributed by atoms with Crippen molar-refractivity contribution in [2.24, 2.45) is 0 Å². The van der Waals surface area contributed by atoms with Crippen molar-refractivity contribution in [3.05, 3.63) is 97.2 Å². The number of carbonyl (C=O) groups is 3. The average Bonchev–Trinajstić information content (AvgIpc) is 3.47. The molecule has 0 saturated carbocycles. The Labute approximate surface area is 508 Å². The molecule has 0 rings (SSSR count). The minimum Gasteiger partial charge on any atom is -0.462 e. The Morgan fingerprint density at radius 2 is 0.488 bits per heavy atom. The molecule has 1 unspecified atom stereocenters.